The van der Waals surface area contributed by atoms with Crippen molar-refractivity contribution in [3.63, 3.8) is 0 Å². The summed E-state index contributed by atoms with van der Waals surface area (Å²) >= 11 is 5.09. The molecule has 1 aliphatic rings. The average molecular weight is 349 g/mol. The van der Waals surface area contributed by atoms with E-state index in [4.69, 9.17) is 0 Å². The molecule has 0 saturated carbocycles. The van der Waals surface area contributed by atoms with Gasteiger partial charge in [-0.2, -0.15) is 0 Å². The molecular formula is C15H13BrN2OS. The third-order valence-corrected chi connectivity index (χ3v) is 5.31. The highest BCUT2D eigenvalue weighted by Crippen LogP contribution is 2.39. The Balaban J connectivity index is 1.79. The number of hydrogen-bond donors (Lipinski definition) is 1. The van der Waals surface area contributed by atoms with Gasteiger partial charge in [-0.15, -0.1) is 11.8 Å². The number of halogens is 1. The molecular weight excluding hydrogens is 336 g/mol. The van der Waals surface area contributed by atoms with Crippen LogP contribution in [0.2, 0.25) is 0 Å². The van der Waals surface area contributed by atoms with Crippen molar-refractivity contribution in [1.29, 1.82) is 0 Å². The monoisotopic (exact) mass is 348 g/mol. The number of benzene rings is 1. The summed E-state index contributed by atoms with van der Waals surface area (Å²) in [5.74, 6) is 0.750. The molecule has 1 aromatic carbocycles. The average Bonchev–Trinajstić information content (AvgIpc) is 2.87. The first-order valence-electron chi connectivity index (χ1n) is 6.30. The second-order valence-corrected chi connectivity index (χ2v) is 6.54. The van der Waals surface area contributed by atoms with Crippen molar-refractivity contribution in [2.75, 3.05) is 11.1 Å². The molecule has 0 fully saturated rings. The molecule has 0 aliphatic carbocycles. The Morgan fingerprint density at radius 3 is 3.05 bits per heavy atom. The number of nitrogens with zero attached hydrogens (tertiary/aromatic N) is 1. The van der Waals surface area contributed by atoms with E-state index in [0.717, 1.165) is 27.2 Å². The molecule has 1 unspecified atom stereocenters. The van der Waals surface area contributed by atoms with Crippen LogP contribution in [-0.4, -0.2) is 16.6 Å². The van der Waals surface area contributed by atoms with Gasteiger partial charge in [0.25, 0.3) is 0 Å². The molecule has 102 valence electrons. The first kappa shape index (κ1) is 13.6. The van der Waals surface area contributed by atoms with Gasteiger partial charge in [0.1, 0.15) is 4.60 Å². The Kier molecular flexibility index (Phi) is 3.81. The van der Waals surface area contributed by atoms with Gasteiger partial charge in [0.05, 0.1) is 17.8 Å². The van der Waals surface area contributed by atoms with E-state index in [-0.39, 0.29) is 11.8 Å². The molecule has 3 nitrogen and oxygen atoms in total. The van der Waals surface area contributed by atoms with Gasteiger partial charge in [0, 0.05) is 10.6 Å². The fraction of sp³-hybridized carbons (Fsp3) is 0.200. The van der Waals surface area contributed by atoms with Crippen LogP contribution in [0, 0.1) is 6.92 Å². The van der Waals surface area contributed by atoms with Crippen LogP contribution in [0.5, 0.6) is 0 Å². The lowest BCUT2D eigenvalue weighted by Crippen LogP contribution is -2.21. The zero-order valence-corrected chi connectivity index (χ0v) is 13.3. The lowest BCUT2D eigenvalue weighted by molar-refractivity contribution is -0.117. The molecule has 0 radical (unpaired) electrons. The number of aryl methyl sites for hydroxylation is 1. The van der Waals surface area contributed by atoms with Crippen molar-refractivity contribution in [2.24, 2.45) is 0 Å². The van der Waals surface area contributed by atoms with Crippen molar-refractivity contribution in [1.82, 2.24) is 4.98 Å². The quantitative estimate of drug-likeness (QED) is 0.834. The number of rotatable bonds is 2. The second-order valence-electron chi connectivity index (χ2n) is 4.72. The number of amides is 1. The Morgan fingerprint density at radius 1 is 1.45 bits per heavy atom. The predicted octanol–water partition coefficient (Wildman–Crippen LogP) is 3.98. The van der Waals surface area contributed by atoms with Crippen LogP contribution < -0.4 is 5.32 Å². The molecule has 5 heteroatoms. The SMILES string of the molecule is Cc1cc(NC(=O)C2CSc3ccccc32)cnc1Br. The summed E-state index contributed by atoms with van der Waals surface area (Å²) in [5, 5.41) is 2.96. The van der Waals surface area contributed by atoms with Gasteiger partial charge < -0.3 is 5.32 Å². The van der Waals surface area contributed by atoms with Gasteiger partial charge in [-0.1, -0.05) is 18.2 Å². The molecule has 2 aromatic rings. The van der Waals surface area contributed by atoms with E-state index in [0.29, 0.717) is 0 Å². The maximum atomic E-state index is 12.4. The maximum absolute atomic E-state index is 12.4. The molecule has 0 saturated heterocycles. The Hall–Kier alpha value is -1.33. The first-order valence-corrected chi connectivity index (χ1v) is 8.08. The number of aromatic nitrogens is 1. The number of anilines is 1. The largest absolute Gasteiger partial charge is 0.324 e. The normalized spacial score (nSPS) is 16.8. The number of pyridine rings is 1. The van der Waals surface area contributed by atoms with Crippen molar-refractivity contribution in [3.8, 4) is 0 Å². The van der Waals surface area contributed by atoms with Crippen molar-refractivity contribution in [2.45, 2.75) is 17.7 Å². The Labute approximate surface area is 130 Å². The van der Waals surface area contributed by atoms with E-state index in [1.807, 2.05) is 31.2 Å². The van der Waals surface area contributed by atoms with Crippen molar-refractivity contribution in [3.05, 3.63) is 52.3 Å². The molecule has 0 bridgehead atoms. The molecule has 1 amide bonds. The summed E-state index contributed by atoms with van der Waals surface area (Å²) in [4.78, 5) is 17.8. The molecule has 1 atom stereocenters. The smallest absolute Gasteiger partial charge is 0.232 e. The van der Waals surface area contributed by atoms with Crippen LogP contribution in [0.1, 0.15) is 17.0 Å². The lowest BCUT2D eigenvalue weighted by atomic mass is 10.0. The fourth-order valence-electron chi connectivity index (χ4n) is 2.24. The van der Waals surface area contributed by atoms with Crippen LogP contribution in [0.25, 0.3) is 0 Å². The number of fused-ring (bicyclic) bond motifs is 1. The second kappa shape index (κ2) is 5.58. The summed E-state index contributed by atoms with van der Waals surface area (Å²) in [6.07, 6.45) is 1.67. The molecule has 2 heterocycles. The number of nitrogens with one attached hydrogen (secondary N) is 1. The lowest BCUT2D eigenvalue weighted by Gasteiger charge is -2.12. The summed E-state index contributed by atoms with van der Waals surface area (Å²) in [6.45, 7) is 1.95. The number of hydrogen-bond acceptors (Lipinski definition) is 3. The van der Waals surface area contributed by atoms with Gasteiger partial charge in [-0.25, -0.2) is 4.98 Å². The number of carbonyl (C=O) groups excluding carboxylic acids is 1. The highest BCUT2D eigenvalue weighted by molar-refractivity contribution is 9.10. The summed E-state index contributed by atoms with van der Waals surface area (Å²) in [7, 11) is 0. The van der Waals surface area contributed by atoms with E-state index < -0.39 is 0 Å². The zero-order chi connectivity index (χ0) is 14.1. The third kappa shape index (κ3) is 2.60. The van der Waals surface area contributed by atoms with Crippen molar-refractivity contribution < 1.29 is 4.79 Å². The molecule has 1 aliphatic heterocycles. The minimum Gasteiger partial charge on any atom is -0.324 e. The maximum Gasteiger partial charge on any atom is 0.232 e. The van der Waals surface area contributed by atoms with E-state index in [1.54, 1.807) is 18.0 Å². The summed E-state index contributed by atoms with van der Waals surface area (Å²) in [5.41, 5.74) is 2.87. The first-order chi connectivity index (χ1) is 9.65. The minimum absolute atomic E-state index is 0.0333. The molecule has 0 spiro atoms. The van der Waals surface area contributed by atoms with Crippen LogP contribution >= 0.6 is 27.7 Å². The highest BCUT2D eigenvalue weighted by atomic mass is 79.9. The topological polar surface area (TPSA) is 42.0 Å². The molecule has 3 rings (SSSR count). The van der Waals surface area contributed by atoms with Gasteiger partial charge in [-0.05, 0) is 46.1 Å². The van der Waals surface area contributed by atoms with Crippen molar-refractivity contribution >= 4 is 39.3 Å². The Bertz CT molecular complexity index is 675. The fourth-order valence-corrected chi connectivity index (χ4v) is 3.68. The van der Waals surface area contributed by atoms with Gasteiger partial charge in [-0.3, -0.25) is 4.79 Å². The van der Waals surface area contributed by atoms with Gasteiger partial charge in [0.2, 0.25) is 5.91 Å². The van der Waals surface area contributed by atoms with Crippen LogP contribution in [0.4, 0.5) is 5.69 Å². The standard InChI is InChI=1S/C15H13BrN2OS/c1-9-6-10(7-17-14(9)16)18-15(19)12-8-20-13-5-3-2-4-11(12)13/h2-7,12H,8H2,1H3,(H,18,19). The van der Waals surface area contributed by atoms with Crippen LogP contribution in [0.15, 0.2) is 46.0 Å². The highest BCUT2D eigenvalue weighted by Gasteiger charge is 2.28. The number of thioether (sulfide) groups is 1. The van der Waals surface area contributed by atoms with Gasteiger partial charge >= 0.3 is 0 Å². The molecule has 1 N–H and O–H groups in total. The third-order valence-electron chi connectivity index (χ3n) is 3.30. The van der Waals surface area contributed by atoms with E-state index in [9.17, 15) is 4.79 Å². The van der Waals surface area contributed by atoms with Gasteiger partial charge in [0.15, 0.2) is 0 Å². The van der Waals surface area contributed by atoms with E-state index >= 15 is 0 Å². The molecule has 20 heavy (non-hydrogen) atoms. The number of carbonyl (C=O) groups is 1. The summed E-state index contributed by atoms with van der Waals surface area (Å²) < 4.78 is 0.803. The molecule has 1 aromatic heterocycles. The Morgan fingerprint density at radius 2 is 2.25 bits per heavy atom. The van der Waals surface area contributed by atoms with Crippen LogP contribution in [-0.2, 0) is 4.79 Å². The predicted molar refractivity (Wildman–Crippen MR) is 85.2 cm³/mol. The van der Waals surface area contributed by atoms with Crippen LogP contribution in [0.3, 0.4) is 0 Å². The minimum atomic E-state index is -0.0832. The van der Waals surface area contributed by atoms with E-state index in [2.05, 4.69) is 32.3 Å². The van der Waals surface area contributed by atoms with E-state index in [1.165, 1.54) is 4.90 Å². The zero-order valence-electron chi connectivity index (χ0n) is 10.9. The summed E-state index contributed by atoms with van der Waals surface area (Å²) in [6, 6.07) is 10.0.